The molecule has 0 aliphatic carbocycles. The Bertz CT molecular complexity index is 448. The Morgan fingerprint density at radius 2 is 2.00 bits per heavy atom. The van der Waals surface area contributed by atoms with Gasteiger partial charge in [-0.25, -0.2) is 0 Å². The molecule has 0 bridgehead atoms. The summed E-state index contributed by atoms with van der Waals surface area (Å²) in [5.74, 6) is 0.292. The van der Waals surface area contributed by atoms with Crippen LogP contribution in [0.25, 0.3) is 0 Å². The van der Waals surface area contributed by atoms with Gasteiger partial charge in [0.1, 0.15) is 5.75 Å². The van der Waals surface area contributed by atoms with Crippen molar-refractivity contribution in [1.82, 2.24) is 15.1 Å². The van der Waals surface area contributed by atoms with Crippen molar-refractivity contribution in [3.8, 4) is 5.75 Å². The van der Waals surface area contributed by atoms with Crippen LogP contribution in [0.3, 0.4) is 0 Å². The van der Waals surface area contributed by atoms with E-state index in [0.717, 1.165) is 18.7 Å². The van der Waals surface area contributed by atoms with Gasteiger partial charge in [0.2, 0.25) is 0 Å². The molecule has 0 saturated heterocycles. The first kappa shape index (κ1) is 10.7. The molecule has 2 rings (SSSR count). The van der Waals surface area contributed by atoms with Gasteiger partial charge in [-0.15, -0.1) is 0 Å². The number of benzene rings is 1. The highest BCUT2D eigenvalue weighted by molar-refractivity contribution is 5.26. The average molecular weight is 217 g/mol. The predicted molar refractivity (Wildman–Crippen MR) is 62.2 cm³/mol. The third-order valence-corrected chi connectivity index (χ3v) is 2.35. The minimum atomic E-state index is 0.292. The maximum Gasteiger partial charge on any atom is 0.115 e. The van der Waals surface area contributed by atoms with Gasteiger partial charge in [0.15, 0.2) is 0 Å². The molecular formula is C12H15N3O. The van der Waals surface area contributed by atoms with Crippen LogP contribution < -0.4 is 5.32 Å². The molecule has 0 spiro atoms. The first-order chi connectivity index (χ1) is 7.78. The molecular weight excluding hydrogens is 202 g/mol. The molecule has 0 unspecified atom stereocenters. The Balaban J connectivity index is 2.05. The van der Waals surface area contributed by atoms with Gasteiger partial charge in [-0.2, -0.15) is 5.10 Å². The summed E-state index contributed by atoms with van der Waals surface area (Å²) < 4.78 is 1.89. The van der Waals surface area contributed by atoms with E-state index in [4.69, 9.17) is 5.11 Å². The van der Waals surface area contributed by atoms with E-state index in [-0.39, 0.29) is 0 Å². The largest absolute Gasteiger partial charge is 0.508 e. The van der Waals surface area contributed by atoms with E-state index < -0.39 is 0 Å². The molecule has 0 atom stereocenters. The van der Waals surface area contributed by atoms with E-state index in [9.17, 15) is 0 Å². The van der Waals surface area contributed by atoms with Crippen LogP contribution in [0, 0.1) is 0 Å². The second-order valence-corrected chi connectivity index (χ2v) is 3.74. The minimum Gasteiger partial charge on any atom is -0.508 e. The van der Waals surface area contributed by atoms with Gasteiger partial charge in [-0.3, -0.25) is 4.68 Å². The molecule has 4 heteroatoms. The molecule has 2 aromatic rings. The van der Waals surface area contributed by atoms with E-state index in [1.807, 2.05) is 36.3 Å². The van der Waals surface area contributed by atoms with Gasteiger partial charge in [0, 0.05) is 18.3 Å². The lowest BCUT2D eigenvalue weighted by Gasteiger charge is -2.01. The Hall–Kier alpha value is -1.81. The van der Waals surface area contributed by atoms with E-state index in [1.54, 1.807) is 12.1 Å². The lowest BCUT2D eigenvalue weighted by molar-refractivity contribution is 0.475. The Labute approximate surface area is 94.5 Å². The molecule has 1 heterocycles. The number of nitrogens with zero attached hydrogens (tertiary/aromatic N) is 2. The SMILES string of the molecule is CNCc1cnn(Cc2ccc(O)cc2)c1. The molecule has 0 aliphatic heterocycles. The van der Waals surface area contributed by atoms with Crippen LogP contribution in [0.1, 0.15) is 11.1 Å². The third-order valence-electron chi connectivity index (χ3n) is 2.35. The van der Waals surface area contributed by atoms with Crippen molar-refractivity contribution < 1.29 is 5.11 Å². The number of phenolic OH excluding ortho intramolecular Hbond substituents is 1. The fraction of sp³-hybridized carbons (Fsp3) is 0.250. The lowest BCUT2D eigenvalue weighted by Crippen LogP contribution is -2.04. The first-order valence-corrected chi connectivity index (χ1v) is 5.22. The molecule has 1 aromatic carbocycles. The predicted octanol–water partition coefficient (Wildman–Crippen LogP) is 1.36. The Kier molecular flexibility index (Phi) is 3.22. The second kappa shape index (κ2) is 4.81. The molecule has 1 aromatic heterocycles. The van der Waals surface area contributed by atoms with Crippen molar-refractivity contribution in [1.29, 1.82) is 0 Å². The highest BCUT2D eigenvalue weighted by Gasteiger charge is 1.99. The fourth-order valence-electron chi connectivity index (χ4n) is 1.58. The molecule has 2 N–H and O–H groups in total. The molecule has 4 nitrogen and oxygen atoms in total. The van der Waals surface area contributed by atoms with Crippen molar-refractivity contribution in [2.75, 3.05) is 7.05 Å². The van der Waals surface area contributed by atoms with Crippen molar-refractivity contribution in [2.45, 2.75) is 13.1 Å². The zero-order chi connectivity index (χ0) is 11.4. The maximum atomic E-state index is 9.17. The maximum absolute atomic E-state index is 9.17. The lowest BCUT2D eigenvalue weighted by atomic mass is 10.2. The van der Waals surface area contributed by atoms with Crippen LogP contribution in [0.2, 0.25) is 0 Å². The van der Waals surface area contributed by atoms with Crippen LogP contribution in [0.5, 0.6) is 5.75 Å². The number of hydrogen-bond donors (Lipinski definition) is 2. The monoisotopic (exact) mass is 217 g/mol. The summed E-state index contributed by atoms with van der Waals surface area (Å²) in [5.41, 5.74) is 2.29. The van der Waals surface area contributed by atoms with E-state index in [1.165, 1.54) is 5.56 Å². The van der Waals surface area contributed by atoms with Crippen LogP contribution in [0.15, 0.2) is 36.7 Å². The van der Waals surface area contributed by atoms with Crippen LogP contribution in [-0.2, 0) is 13.1 Å². The summed E-state index contributed by atoms with van der Waals surface area (Å²) in [6.07, 6.45) is 3.88. The Morgan fingerprint density at radius 3 is 2.69 bits per heavy atom. The van der Waals surface area contributed by atoms with Crippen LogP contribution >= 0.6 is 0 Å². The Morgan fingerprint density at radius 1 is 1.25 bits per heavy atom. The highest BCUT2D eigenvalue weighted by Crippen LogP contribution is 2.10. The molecule has 16 heavy (non-hydrogen) atoms. The normalized spacial score (nSPS) is 10.6. The van der Waals surface area contributed by atoms with Gasteiger partial charge in [0.05, 0.1) is 12.7 Å². The molecule has 0 saturated carbocycles. The summed E-state index contributed by atoms with van der Waals surface area (Å²) in [6.45, 7) is 1.56. The van der Waals surface area contributed by atoms with Crippen molar-refractivity contribution in [3.63, 3.8) is 0 Å². The van der Waals surface area contributed by atoms with Crippen molar-refractivity contribution >= 4 is 0 Å². The van der Waals surface area contributed by atoms with E-state index in [2.05, 4.69) is 10.4 Å². The topological polar surface area (TPSA) is 50.1 Å². The van der Waals surface area contributed by atoms with Gasteiger partial charge in [-0.05, 0) is 24.7 Å². The molecule has 0 radical (unpaired) electrons. The van der Waals surface area contributed by atoms with E-state index in [0.29, 0.717) is 5.75 Å². The number of phenols is 1. The van der Waals surface area contributed by atoms with Gasteiger partial charge in [0.25, 0.3) is 0 Å². The fourth-order valence-corrected chi connectivity index (χ4v) is 1.58. The molecule has 84 valence electrons. The standard InChI is InChI=1S/C12H15N3O/c1-13-6-11-7-14-15(9-11)8-10-2-4-12(16)5-3-10/h2-5,7,9,13,16H,6,8H2,1H3. The summed E-state index contributed by atoms with van der Waals surface area (Å²) in [5, 5.41) is 16.5. The van der Waals surface area contributed by atoms with Crippen LogP contribution in [0.4, 0.5) is 0 Å². The first-order valence-electron chi connectivity index (χ1n) is 5.22. The molecule has 0 fully saturated rings. The number of nitrogens with one attached hydrogen (secondary N) is 1. The average Bonchev–Trinajstić information content (AvgIpc) is 2.70. The summed E-state index contributed by atoms with van der Waals surface area (Å²) in [7, 11) is 1.91. The quantitative estimate of drug-likeness (QED) is 0.813. The molecule has 0 amide bonds. The van der Waals surface area contributed by atoms with Crippen LogP contribution in [-0.4, -0.2) is 21.9 Å². The second-order valence-electron chi connectivity index (χ2n) is 3.74. The molecule has 0 aliphatic rings. The zero-order valence-electron chi connectivity index (χ0n) is 9.22. The van der Waals surface area contributed by atoms with Crippen molar-refractivity contribution in [3.05, 3.63) is 47.8 Å². The smallest absolute Gasteiger partial charge is 0.115 e. The van der Waals surface area contributed by atoms with Crippen molar-refractivity contribution in [2.24, 2.45) is 0 Å². The number of aromatic hydroxyl groups is 1. The van der Waals surface area contributed by atoms with Gasteiger partial charge < -0.3 is 10.4 Å². The summed E-state index contributed by atoms with van der Waals surface area (Å²) in [4.78, 5) is 0. The van der Waals surface area contributed by atoms with Gasteiger partial charge in [-0.1, -0.05) is 12.1 Å². The number of hydrogen-bond acceptors (Lipinski definition) is 3. The van der Waals surface area contributed by atoms with E-state index >= 15 is 0 Å². The zero-order valence-corrected chi connectivity index (χ0v) is 9.22. The number of aromatic nitrogens is 2. The van der Waals surface area contributed by atoms with Gasteiger partial charge >= 0.3 is 0 Å². The number of rotatable bonds is 4. The summed E-state index contributed by atoms with van der Waals surface area (Å²) in [6, 6.07) is 7.17. The highest BCUT2D eigenvalue weighted by atomic mass is 16.3. The minimum absolute atomic E-state index is 0.292. The summed E-state index contributed by atoms with van der Waals surface area (Å²) >= 11 is 0. The third kappa shape index (κ3) is 2.61.